The Morgan fingerprint density at radius 2 is 2.03 bits per heavy atom. The molecule has 0 amide bonds. The first kappa shape index (κ1) is 20.7. The topological polar surface area (TPSA) is 110 Å². The molecule has 2 bridgehead atoms. The number of benzene rings is 1. The Morgan fingerprint density at radius 3 is 2.82 bits per heavy atom. The summed E-state index contributed by atoms with van der Waals surface area (Å²) in [7, 11) is 0. The summed E-state index contributed by atoms with van der Waals surface area (Å²) in [6.45, 7) is 1.97. The molecular formula is C23H20ClN3O5S. The van der Waals surface area contributed by atoms with Crippen LogP contribution in [0.5, 0.6) is 17.6 Å². The molecule has 1 saturated heterocycles. The number of pyridine rings is 1. The minimum absolute atomic E-state index is 0.105. The number of fused-ring (bicyclic) bond motifs is 6. The highest BCUT2D eigenvalue weighted by atomic mass is 35.5. The average Bonchev–Trinajstić information content (AvgIpc) is 3.48. The SMILES string of the molecule is CC12OC(CCOc3ccc(Cl)cn3)(C[C@H]1O)c1c2c(O)n(-c2ccc3ncsc3c2)c1O. The Bertz CT molecular complexity index is 1390. The number of aliphatic hydroxyl groups excluding tert-OH is 1. The van der Waals surface area contributed by atoms with Gasteiger partial charge in [0, 0.05) is 25.1 Å². The molecule has 10 heteroatoms. The zero-order valence-electron chi connectivity index (χ0n) is 17.5. The quantitative estimate of drug-likeness (QED) is 0.388. The molecule has 1 aromatic carbocycles. The Kier molecular flexibility index (Phi) is 4.44. The second kappa shape index (κ2) is 7.07. The molecule has 2 aliphatic rings. The Hall–Kier alpha value is -2.85. The first-order valence-corrected chi connectivity index (χ1v) is 11.7. The van der Waals surface area contributed by atoms with Crippen LogP contribution in [0.1, 0.15) is 30.9 Å². The minimum atomic E-state index is -1.14. The summed E-state index contributed by atoms with van der Waals surface area (Å²) in [6, 6.07) is 8.86. The molecule has 0 saturated carbocycles. The fourth-order valence-electron chi connectivity index (χ4n) is 5.12. The molecule has 3 N–H and O–H groups in total. The summed E-state index contributed by atoms with van der Waals surface area (Å²) in [6.07, 6.45) is 1.28. The van der Waals surface area contributed by atoms with Crippen molar-refractivity contribution in [1.82, 2.24) is 14.5 Å². The first-order valence-electron chi connectivity index (χ1n) is 10.5. The fraction of sp³-hybridized carbons (Fsp3) is 0.304. The van der Waals surface area contributed by atoms with Crippen molar-refractivity contribution < 1.29 is 24.8 Å². The van der Waals surface area contributed by atoms with Crippen LogP contribution in [0.2, 0.25) is 5.02 Å². The minimum Gasteiger partial charge on any atom is -0.494 e. The van der Waals surface area contributed by atoms with Crippen molar-refractivity contribution in [3.05, 3.63) is 58.2 Å². The van der Waals surface area contributed by atoms with Gasteiger partial charge in [0.2, 0.25) is 17.6 Å². The van der Waals surface area contributed by atoms with Gasteiger partial charge in [-0.3, -0.25) is 4.57 Å². The maximum atomic E-state index is 11.3. The molecule has 0 radical (unpaired) electrons. The average molecular weight is 486 g/mol. The molecule has 5 heterocycles. The lowest BCUT2D eigenvalue weighted by Crippen LogP contribution is -2.33. The molecule has 2 unspecified atom stereocenters. The number of halogens is 1. The van der Waals surface area contributed by atoms with Gasteiger partial charge in [0.15, 0.2) is 0 Å². The van der Waals surface area contributed by atoms with Gasteiger partial charge in [-0.2, -0.15) is 0 Å². The molecule has 4 aromatic rings. The number of aromatic nitrogens is 3. The molecule has 6 rings (SSSR count). The number of rotatable bonds is 5. The lowest BCUT2D eigenvalue weighted by atomic mass is 9.76. The van der Waals surface area contributed by atoms with Crippen LogP contribution in [-0.4, -0.2) is 42.6 Å². The van der Waals surface area contributed by atoms with E-state index in [0.717, 1.165) is 10.2 Å². The molecule has 33 heavy (non-hydrogen) atoms. The molecule has 3 aromatic heterocycles. The second-order valence-electron chi connectivity index (χ2n) is 8.57. The van der Waals surface area contributed by atoms with E-state index in [-0.39, 0.29) is 24.8 Å². The van der Waals surface area contributed by atoms with Gasteiger partial charge in [0.1, 0.15) is 11.2 Å². The first-order chi connectivity index (χ1) is 15.8. The van der Waals surface area contributed by atoms with Gasteiger partial charge in [0.05, 0.1) is 50.3 Å². The monoisotopic (exact) mass is 485 g/mol. The molecule has 0 aliphatic carbocycles. The largest absolute Gasteiger partial charge is 0.494 e. The third kappa shape index (κ3) is 2.90. The zero-order valence-corrected chi connectivity index (χ0v) is 19.1. The van der Waals surface area contributed by atoms with E-state index in [1.807, 2.05) is 12.1 Å². The second-order valence-corrected chi connectivity index (χ2v) is 9.90. The van der Waals surface area contributed by atoms with Crippen molar-refractivity contribution >= 4 is 33.2 Å². The number of hydrogen-bond acceptors (Lipinski definition) is 8. The van der Waals surface area contributed by atoms with Gasteiger partial charge in [-0.05, 0) is 31.2 Å². The zero-order chi connectivity index (χ0) is 23.0. The van der Waals surface area contributed by atoms with Crippen LogP contribution in [0.4, 0.5) is 0 Å². The highest BCUT2D eigenvalue weighted by Gasteiger charge is 2.66. The Labute approximate surface area is 197 Å². The summed E-state index contributed by atoms with van der Waals surface area (Å²) in [4.78, 5) is 8.41. The lowest BCUT2D eigenvalue weighted by Gasteiger charge is -2.26. The van der Waals surface area contributed by atoms with Crippen LogP contribution in [0.15, 0.2) is 42.0 Å². The van der Waals surface area contributed by atoms with Crippen molar-refractivity contribution in [2.75, 3.05) is 6.61 Å². The number of aromatic hydroxyl groups is 2. The van der Waals surface area contributed by atoms with Crippen LogP contribution in [0.3, 0.4) is 0 Å². The van der Waals surface area contributed by atoms with Crippen LogP contribution in [0, 0.1) is 0 Å². The van der Waals surface area contributed by atoms with Crippen LogP contribution >= 0.6 is 22.9 Å². The maximum Gasteiger partial charge on any atom is 0.213 e. The van der Waals surface area contributed by atoms with Crippen molar-refractivity contribution in [3.63, 3.8) is 0 Å². The third-order valence-electron chi connectivity index (χ3n) is 6.67. The normalized spacial score (nSPS) is 25.6. The van der Waals surface area contributed by atoms with Crippen LogP contribution < -0.4 is 4.74 Å². The third-order valence-corrected chi connectivity index (χ3v) is 7.68. The highest BCUT2D eigenvalue weighted by molar-refractivity contribution is 7.16. The summed E-state index contributed by atoms with van der Waals surface area (Å²) < 4.78 is 14.4. The van der Waals surface area contributed by atoms with Crippen molar-refractivity contribution in [2.45, 2.75) is 37.1 Å². The summed E-state index contributed by atoms with van der Waals surface area (Å²) in [5, 5.41) is 33.9. The lowest BCUT2D eigenvalue weighted by molar-refractivity contribution is -0.107. The number of thiazole rings is 1. The molecule has 3 atom stereocenters. The van der Waals surface area contributed by atoms with E-state index in [4.69, 9.17) is 21.1 Å². The van der Waals surface area contributed by atoms with E-state index in [9.17, 15) is 15.3 Å². The molecule has 170 valence electrons. The van der Waals surface area contributed by atoms with Gasteiger partial charge in [-0.1, -0.05) is 11.6 Å². The maximum absolute atomic E-state index is 11.3. The van der Waals surface area contributed by atoms with Gasteiger partial charge in [-0.25, -0.2) is 9.97 Å². The molecule has 0 spiro atoms. The highest BCUT2D eigenvalue weighted by Crippen LogP contribution is 2.65. The summed E-state index contributed by atoms with van der Waals surface area (Å²) >= 11 is 7.35. The van der Waals surface area contributed by atoms with Crippen LogP contribution in [0.25, 0.3) is 15.9 Å². The molecule has 8 nitrogen and oxygen atoms in total. The van der Waals surface area contributed by atoms with Gasteiger partial charge in [-0.15, -0.1) is 11.3 Å². The van der Waals surface area contributed by atoms with Crippen LogP contribution in [-0.2, 0) is 15.9 Å². The Morgan fingerprint density at radius 1 is 1.21 bits per heavy atom. The van der Waals surface area contributed by atoms with E-state index in [2.05, 4.69) is 9.97 Å². The molecule has 2 aliphatic heterocycles. The van der Waals surface area contributed by atoms with Crippen molar-refractivity contribution in [1.29, 1.82) is 0 Å². The standard InChI is InChI=1S/C23H20ClN3O5S/c1-22-16(28)9-23(32-22,6-7-31-17-5-2-12(24)10-25-17)19-18(22)20(29)27(21(19)30)13-3-4-14-15(8-13)33-11-26-14/h2-5,8,10-11,16,28-30H,6-7,9H2,1H3/t16-,22?,23?/m1/s1. The van der Waals surface area contributed by atoms with E-state index < -0.39 is 17.3 Å². The number of aliphatic hydroxyl groups is 1. The fourth-order valence-corrected chi connectivity index (χ4v) is 5.94. The summed E-state index contributed by atoms with van der Waals surface area (Å²) in [5.74, 6) is 0.166. The number of hydrogen-bond donors (Lipinski definition) is 3. The van der Waals surface area contributed by atoms with Gasteiger partial charge < -0.3 is 24.8 Å². The van der Waals surface area contributed by atoms with Gasteiger partial charge in [0.25, 0.3) is 0 Å². The van der Waals surface area contributed by atoms with E-state index in [1.54, 1.807) is 30.6 Å². The van der Waals surface area contributed by atoms with E-state index in [0.29, 0.717) is 34.1 Å². The van der Waals surface area contributed by atoms with E-state index >= 15 is 0 Å². The van der Waals surface area contributed by atoms with Crippen molar-refractivity contribution in [2.24, 2.45) is 0 Å². The van der Waals surface area contributed by atoms with Crippen molar-refractivity contribution in [3.8, 4) is 23.3 Å². The smallest absolute Gasteiger partial charge is 0.213 e. The molecular weight excluding hydrogens is 466 g/mol. The van der Waals surface area contributed by atoms with Gasteiger partial charge >= 0.3 is 0 Å². The Balaban J connectivity index is 1.39. The predicted octanol–water partition coefficient (Wildman–Crippen LogP) is 4.22. The summed E-state index contributed by atoms with van der Waals surface area (Å²) in [5.41, 5.74) is 1.95. The van der Waals surface area contributed by atoms with E-state index in [1.165, 1.54) is 22.1 Å². The number of ether oxygens (including phenoxy) is 2. The molecule has 1 fully saturated rings. The number of nitrogens with zero attached hydrogens (tertiary/aromatic N) is 3. The predicted molar refractivity (Wildman–Crippen MR) is 122 cm³/mol.